The largest absolute Gasteiger partial charge is 0.230 e. The first-order valence-electron chi connectivity index (χ1n) is 4.40. The SMILES string of the molecule is C=CCSc1nc2cc(C)ccc2s1. The van der Waals surface area contributed by atoms with Gasteiger partial charge in [-0.05, 0) is 24.6 Å². The Morgan fingerprint density at radius 1 is 1.57 bits per heavy atom. The van der Waals surface area contributed by atoms with E-state index in [1.165, 1.54) is 10.3 Å². The summed E-state index contributed by atoms with van der Waals surface area (Å²) >= 11 is 3.49. The summed E-state index contributed by atoms with van der Waals surface area (Å²) in [6.45, 7) is 5.79. The Balaban J connectivity index is 2.36. The van der Waals surface area contributed by atoms with Crippen LogP contribution in [0.5, 0.6) is 0 Å². The predicted molar refractivity (Wildman–Crippen MR) is 65.3 cm³/mol. The number of benzene rings is 1. The summed E-state index contributed by atoms with van der Waals surface area (Å²) in [6.07, 6.45) is 1.90. The van der Waals surface area contributed by atoms with Crippen LogP contribution in [0.25, 0.3) is 10.2 Å². The fourth-order valence-corrected chi connectivity index (χ4v) is 3.02. The van der Waals surface area contributed by atoms with Crippen LogP contribution >= 0.6 is 23.1 Å². The molecule has 0 aliphatic heterocycles. The van der Waals surface area contributed by atoms with Crippen molar-refractivity contribution in [2.24, 2.45) is 0 Å². The summed E-state index contributed by atoms with van der Waals surface area (Å²) in [5.74, 6) is 0.929. The average molecular weight is 221 g/mol. The van der Waals surface area contributed by atoms with Gasteiger partial charge in [-0.3, -0.25) is 0 Å². The molecule has 0 aliphatic carbocycles. The maximum Gasteiger partial charge on any atom is 0.151 e. The van der Waals surface area contributed by atoms with Gasteiger partial charge in [-0.1, -0.05) is 23.9 Å². The van der Waals surface area contributed by atoms with Crippen LogP contribution in [0.1, 0.15) is 5.56 Å². The van der Waals surface area contributed by atoms with Gasteiger partial charge in [0.25, 0.3) is 0 Å². The zero-order chi connectivity index (χ0) is 9.97. The molecule has 0 bridgehead atoms. The minimum absolute atomic E-state index is 0.929. The van der Waals surface area contributed by atoms with Gasteiger partial charge in [0.15, 0.2) is 4.34 Å². The average Bonchev–Trinajstić information content (AvgIpc) is 2.56. The summed E-state index contributed by atoms with van der Waals surface area (Å²) in [5, 5.41) is 0. The number of aromatic nitrogens is 1. The van der Waals surface area contributed by atoms with Gasteiger partial charge >= 0.3 is 0 Å². The minimum Gasteiger partial charge on any atom is -0.230 e. The van der Waals surface area contributed by atoms with Crippen LogP contribution in [-0.2, 0) is 0 Å². The molecular formula is C11H11NS2. The lowest BCUT2D eigenvalue weighted by Gasteiger charge is -1.88. The summed E-state index contributed by atoms with van der Waals surface area (Å²) in [5.41, 5.74) is 2.38. The lowest BCUT2D eigenvalue weighted by atomic mass is 10.2. The van der Waals surface area contributed by atoms with Gasteiger partial charge in [0.05, 0.1) is 10.2 Å². The van der Waals surface area contributed by atoms with E-state index in [-0.39, 0.29) is 0 Å². The van der Waals surface area contributed by atoms with Gasteiger partial charge in [-0.2, -0.15) is 0 Å². The molecule has 0 unspecified atom stereocenters. The van der Waals surface area contributed by atoms with Crippen molar-refractivity contribution in [2.45, 2.75) is 11.3 Å². The van der Waals surface area contributed by atoms with E-state index in [0.29, 0.717) is 0 Å². The number of thiazole rings is 1. The molecular weight excluding hydrogens is 210 g/mol. The first-order valence-corrected chi connectivity index (χ1v) is 6.20. The van der Waals surface area contributed by atoms with Crippen LogP contribution in [0, 0.1) is 6.92 Å². The molecule has 2 rings (SSSR count). The molecule has 1 aromatic heterocycles. The molecule has 0 saturated heterocycles. The molecule has 1 heterocycles. The summed E-state index contributed by atoms with van der Waals surface area (Å²) < 4.78 is 2.40. The van der Waals surface area contributed by atoms with Gasteiger partial charge in [0.2, 0.25) is 0 Å². The molecule has 0 amide bonds. The normalized spacial score (nSPS) is 10.6. The standard InChI is InChI=1S/C11H11NS2/c1-3-6-13-11-12-9-7-8(2)4-5-10(9)14-11/h3-5,7H,1,6H2,2H3. The first kappa shape index (κ1) is 9.74. The Morgan fingerprint density at radius 2 is 2.43 bits per heavy atom. The molecule has 0 fully saturated rings. The van der Waals surface area contributed by atoms with Crippen LogP contribution in [-0.4, -0.2) is 10.7 Å². The highest BCUT2D eigenvalue weighted by molar-refractivity contribution is 8.01. The Labute approximate surface area is 91.9 Å². The van der Waals surface area contributed by atoms with Gasteiger partial charge < -0.3 is 0 Å². The number of nitrogens with zero attached hydrogens (tertiary/aromatic N) is 1. The van der Waals surface area contributed by atoms with Crippen LogP contribution in [0.4, 0.5) is 0 Å². The number of hydrogen-bond acceptors (Lipinski definition) is 3. The Bertz CT molecular complexity index is 459. The number of thioether (sulfide) groups is 1. The van der Waals surface area contributed by atoms with E-state index in [1.807, 2.05) is 6.08 Å². The van der Waals surface area contributed by atoms with Crippen molar-refractivity contribution in [3.05, 3.63) is 36.4 Å². The van der Waals surface area contributed by atoms with Crippen molar-refractivity contribution in [3.8, 4) is 0 Å². The highest BCUT2D eigenvalue weighted by atomic mass is 32.2. The third kappa shape index (κ3) is 1.99. The van der Waals surface area contributed by atoms with Gasteiger partial charge in [0.1, 0.15) is 0 Å². The highest BCUT2D eigenvalue weighted by Gasteiger charge is 2.02. The zero-order valence-corrected chi connectivity index (χ0v) is 9.62. The fourth-order valence-electron chi connectivity index (χ4n) is 1.21. The smallest absolute Gasteiger partial charge is 0.151 e. The second kappa shape index (κ2) is 4.15. The molecule has 0 atom stereocenters. The molecule has 14 heavy (non-hydrogen) atoms. The summed E-state index contributed by atoms with van der Waals surface area (Å²) in [4.78, 5) is 4.54. The number of rotatable bonds is 3. The van der Waals surface area contributed by atoms with E-state index >= 15 is 0 Å². The van der Waals surface area contributed by atoms with Crippen LogP contribution < -0.4 is 0 Å². The Kier molecular flexibility index (Phi) is 2.89. The third-order valence-electron chi connectivity index (χ3n) is 1.85. The third-order valence-corrected chi connectivity index (χ3v) is 4.02. The highest BCUT2D eigenvalue weighted by Crippen LogP contribution is 2.29. The molecule has 3 heteroatoms. The van der Waals surface area contributed by atoms with Crippen LogP contribution in [0.15, 0.2) is 35.2 Å². The van der Waals surface area contributed by atoms with Crippen molar-refractivity contribution in [3.63, 3.8) is 0 Å². The zero-order valence-electron chi connectivity index (χ0n) is 7.99. The number of hydrogen-bond donors (Lipinski definition) is 0. The minimum atomic E-state index is 0.929. The van der Waals surface area contributed by atoms with Crippen molar-refractivity contribution in [1.29, 1.82) is 0 Å². The maximum absolute atomic E-state index is 4.54. The van der Waals surface area contributed by atoms with E-state index in [9.17, 15) is 0 Å². The molecule has 0 N–H and O–H groups in total. The van der Waals surface area contributed by atoms with E-state index < -0.39 is 0 Å². The molecule has 1 aromatic carbocycles. The van der Waals surface area contributed by atoms with Crippen molar-refractivity contribution in [1.82, 2.24) is 4.98 Å². The quantitative estimate of drug-likeness (QED) is 0.576. The molecule has 2 aromatic rings. The Morgan fingerprint density at radius 3 is 3.21 bits per heavy atom. The molecule has 0 radical (unpaired) electrons. The fraction of sp³-hybridized carbons (Fsp3) is 0.182. The number of aryl methyl sites for hydroxylation is 1. The summed E-state index contributed by atoms with van der Waals surface area (Å²) in [7, 11) is 0. The molecule has 0 aliphatic rings. The second-order valence-electron chi connectivity index (χ2n) is 3.05. The Hall–Kier alpha value is -0.800. The van der Waals surface area contributed by atoms with Crippen molar-refractivity contribution in [2.75, 3.05) is 5.75 Å². The predicted octanol–water partition coefficient (Wildman–Crippen LogP) is 3.88. The lowest BCUT2D eigenvalue weighted by Crippen LogP contribution is -1.72. The van der Waals surface area contributed by atoms with Gasteiger partial charge in [-0.15, -0.1) is 17.9 Å². The first-order chi connectivity index (χ1) is 6.79. The lowest BCUT2D eigenvalue weighted by molar-refractivity contribution is 1.30. The van der Waals surface area contributed by atoms with Crippen LogP contribution in [0.3, 0.4) is 0 Å². The second-order valence-corrected chi connectivity index (χ2v) is 5.35. The van der Waals surface area contributed by atoms with Crippen LogP contribution in [0.2, 0.25) is 0 Å². The molecule has 0 spiro atoms. The van der Waals surface area contributed by atoms with E-state index in [1.54, 1.807) is 23.1 Å². The topological polar surface area (TPSA) is 12.9 Å². The molecule has 0 saturated carbocycles. The van der Waals surface area contributed by atoms with E-state index in [0.717, 1.165) is 15.6 Å². The van der Waals surface area contributed by atoms with Gasteiger partial charge in [0, 0.05) is 5.75 Å². The monoisotopic (exact) mass is 221 g/mol. The van der Waals surface area contributed by atoms with Crippen molar-refractivity contribution < 1.29 is 0 Å². The van der Waals surface area contributed by atoms with E-state index in [2.05, 4.69) is 36.7 Å². The summed E-state index contributed by atoms with van der Waals surface area (Å²) in [6, 6.07) is 6.40. The number of fused-ring (bicyclic) bond motifs is 1. The van der Waals surface area contributed by atoms with Gasteiger partial charge in [-0.25, -0.2) is 4.98 Å². The van der Waals surface area contributed by atoms with Crippen molar-refractivity contribution >= 4 is 33.3 Å². The molecule has 1 nitrogen and oxygen atoms in total. The maximum atomic E-state index is 4.54. The molecule has 72 valence electrons. The van der Waals surface area contributed by atoms with E-state index in [4.69, 9.17) is 0 Å².